The van der Waals surface area contributed by atoms with Crippen LogP contribution in [0.15, 0.2) is 41.4 Å². The molecule has 0 spiro atoms. The lowest BCUT2D eigenvalue weighted by atomic mass is 9.81. The highest BCUT2D eigenvalue weighted by atomic mass is 31.1. The number of hydrogen-bond acceptors (Lipinski definition) is 2. The number of aromatic hydroxyl groups is 1. The molecule has 0 aliphatic carbocycles. The fourth-order valence-corrected chi connectivity index (χ4v) is 5.46. The minimum atomic E-state index is -0.109. The van der Waals surface area contributed by atoms with Gasteiger partial charge in [-0.15, -0.1) is 0 Å². The van der Waals surface area contributed by atoms with Crippen molar-refractivity contribution >= 4 is 20.1 Å². The molecule has 0 amide bonds. The molecule has 2 unspecified atom stereocenters. The van der Waals surface area contributed by atoms with Crippen molar-refractivity contribution in [2.75, 3.05) is 7.05 Å². The first-order chi connectivity index (χ1) is 12.6. The predicted molar refractivity (Wildman–Crippen MR) is 122 cm³/mol. The van der Waals surface area contributed by atoms with E-state index in [-0.39, 0.29) is 10.6 Å². The molecule has 27 heavy (non-hydrogen) atoms. The minimum Gasteiger partial charge on any atom is -0.507 e. The zero-order valence-corrected chi connectivity index (χ0v) is 18.9. The summed E-state index contributed by atoms with van der Waals surface area (Å²) in [4.78, 5) is 4.22. The zero-order chi connectivity index (χ0) is 20.2. The summed E-state index contributed by atoms with van der Waals surface area (Å²) in [6.07, 6.45) is 4.04. The fraction of sp³-hybridized carbons (Fsp3) is 0.458. The highest BCUT2D eigenvalue weighted by molar-refractivity contribution is 7.48. The van der Waals surface area contributed by atoms with Gasteiger partial charge in [-0.2, -0.15) is 0 Å². The van der Waals surface area contributed by atoms with Crippen LogP contribution in [0.5, 0.6) is 5.75 Å². The van der Waals surface area contributed by atoms with Crippen molar-refractivity contribution in [3.05, 3.63) is 58.7 Å². The Hall–Kier alpha value is -1.66. The van der Waals surface area contributed by atoms with E-state index in [1.54, 1.807) is 0 Å². The van der Waals surface area contributed by atoms with E-state index in [1.165, 1.54) is 16.4 Å². The van der Waals surface area contributed by atoms with E-state index < -0.39 is 0 Å². The van der Waals surface area contributed by atoms with Gasteiger partial charge in [-0.25, -0.2) is 0 Å². The van der Waals surface area contributed by atoms with Crippen LogP contribution in [0.3, 0.4) is 0 Å². The molecule has 1 N–H and O–H groups in total. The van der Waals surface area contributed by atoms with Gasteiger partial charge in [0, 0.05) is 24.0 Å². The minimum absolute atomic E-state index is 0.0894. The van der Waals surface area contributed by atoms with Crippen LogP contribution >= 0.6 is 8.58 Å². The molecule has 2 atom stereocenters. The first-order valence-corrected chi connectivity index (χ1v) is 10.8. The van der Waals surface area contributed by atoms with E-state index in [0.717, 1.165) is 24.0 Å². The molecule has 0 aliphatic rings. The average Bonchev–Trinajstić information content (AvgIpc) is 2.58. The molecule has 2 rings (SSSR count). The molecule has 2 aromatic rings. The number of aryl methyl sites for hydroxylation is 1. The molecule has 0 saturated carbocycles. The van der Waals surface area contributed by atoms with Crippen LogP contribution in [0.1, 0.15) is 69.7 Å². The molecule has 2 aromatic carbocycles. The van der Waals surface area contributed by atoms with Gasteiger partial charge in [0.2, 0.25) is 0 Å². The number of benzene rings is 2. The Morgan fingerprint density at radius 3 is 2.30 bits per heavy atom. The van der Waals surface area contributed by atoms with Crippen LogP contribution in [-0.2, 0) is 10.6 Å². The predicted octanol–water partition coefficient (Wildman–Crippen LogP) is 6.07. The summed E-state index contributed by atoms with van der Waals surface area (Å²) in [5, 5.41) is 12.4. The van der Waals surface area contributed by atoms with Crippen LogP contribution in [-0.4, -0.2) is 18.4 Å². The Morgan fingerprint density at radius 1 is 1.07 bits per heavy atom. The van der Waals surface area contributed by atoms with E-state index in [2.05, 4.69) is 82.9 Å². The van der Waals surface area contributed by atoms with Crippen molar-refractivity contribution < 1.29 is 5.11 Å². The van der Waals surface area contributed by atoms with E-state index in [1.807, 2.05) is 13.3 Å². The molecule has 0 radical (unpaired) electrons. The van der Waals surface area contributed by atoms with Gasteiger partial charge < -0.3 is 5.11 Å². The summed E-state index contributed by atoms with van der Waals surface area (Å²) in [7, 11) is 2.38. The quantitative estimate of drug-likeness (QED) is 0.477. The van der Waals surface area contributed by atoms with Crippen molar-refractivity contribution in [2.45, 2.75) is 65.0 Å². The highest BCUT2D eigenvalue weighted by Gasteiger charge is 2.32. The fourth-order valence-electron chi connectivity index (χ4n) is 3.70. The summed E-state index contributed by atoms with van der Waals surface area (Å²) in [6.45, 7) is 13.1. The van der Waals surface area contributed by atoms with Crippen LogP contribution in [0.2, 0.25) is 0 Å². The van der Waals surface area contributed by atoms with Crippen LogP contribution in [0.25, 0.3) is 0 Å². The Balaban J connectivity index is 2.62. The van der Waals surface area contributed by atoms with Crippen molar-refractivity contribution in [1.29, 1.82) is 0 Å². The normalized spacial score (nSPS) is 14.9. The lowest BCUT2D eigenvalue weighted by molar-refractivity contribution is 0.428. The number of rotatable bonds is 6. The van der Waals surface area contributed by atoms with Gasteiger partial charge in [0.25, 0.3) is 0 Å². The van der Waals surface area contributed by atoms with E-state index in [0.29, 0.717) is 14.3 Å². The molecule has 0 aliphatic heterocycles. The molecular formula is C24H34NOP. The SMILES string of the molecule is CCCC(C)(Pc1ccccc1/C=N/C)c1cc(C)cc(C(C)(C)C)c1O. The van der Waals surface area contributed by atoms with Gasteiger partial charge in [0.1, 0.15) is 5.75 Å². The molecule has 0 saturated heterocycles. The zero-order valence-electron chi connectivity index (χ0n) is 17.9. The topological polar surface area (TPSA) is 32.6 Å². The third-order valence-corrected chi connectivity index (χ3v) is 6.84. The highest BCUT2D eigenvalue weighted by Crippen LogP contribution is 2.50. The summed E-state index contributed by atoms with van der Waals surface area (Å²) < 4.78 is 0. The molecule has 3 heteroatoms. The summed E-state index contributed by atoms with van der Waals surface area (Å²) in [6, 6.07) is 12.8. The van der Waals surface area contributed by atoms with Gasteiger partial charge in [-0.3, -0.25) is 4.99 Å². The number of phenols is 1. The maximum Gasteiger partial charge on any atom is 0.123 e. The van der Waals surface area contributed by atoms with E-state index in [4.69, 9.17) is 0 Å². The molecule has 0 bridgehead atoms. The van der Waals surface area contributed by atoms with E-state index in [9.17, 15) is 5.11 Å². The second kappa shape index (κ2) is 8.57. The Morgan fingerprint density at radius 2 is 1.70 bits per heavy atom. The summed E-state index contributed by atoms with van der Waals surface area (Å²) >= 11 is 0. The van der Waals surface area contributed by atoms with Gasteiger partial charge in [-0.1, -0.05) is 91.6 Å². The summed E-state index contributed by atoms with van der Waals surface area (Å²) in [5.41, 5.74) is 4.41. The number of hydrogen-bond donors (Lipinski definition) is 1. The summed E-state index contributed by atoms with van der Waals surface area (Å²) in [5.74, 6) is 0.471. The number of phenolic OH excluding ortho intramolecular Hbond substituents is 1. The third kappa shape index (κ3) is 4.99. The van der Waals surface area contributed by atoms with Gasteiger partial charge in [-0.05, 0) is 35.2 Å². The van der Waals surface area contributed by atoms with Crippen LogP contribution < -0.4 is 5.30 Å². The van der Waals surface area contributed by atoms with Gasteiger partial charge in [0.05, 0.1) is 0 Å². The van der Waals surface area contributed by atoms with Crippen molar-refractivity contribution in [1.82, 2.24) is 0 Å². The second-order valence-electron chi connectivity index (χ2n) is 8.64. The monoisotopic (exact) mass is 383 g/mol. The number of aliphatic imine (C=N–C) groups is 1. The second-order valence-corrected chi connectivity index (χ2v) is 10.5. The van der Waals surface area contributed by atoms with Crippen LogP contribution in [0, 0.1) is 6.92 Å². The Bertz CT molecular complexity index is 820. The Labute approximate surface area is 166 Å². The number of nitrogens with zero attached hydrogens (tertiary/aromatic N) is 1. The molecule has 0 fully saturated rings. The van der Waals surface area contributed by atoms with Gasteiger partial charge in [0.15, 0.2) is 0 Å². The largest absolute Gasteiger partial charge is 0.507 e. The maximum absolute atomic E-state index is 11.2. The first kappa shape index (κ1) is 21.6. The maximum atomic E-state index is 11.2. The average molecular weight is 384 g/mol. The smallest absolute Gasteiger partial charge is 0.123 e. The van der Waals surface area contributed by atoms with Gasteiger partial charge >= 0.3 is 0 Å². The van der Waals surface area contributed by atoms with Crippen LogP contribution in [0.4, 0.5) is 0 Å². The Kier molecular flexibility index (Phi) is 6.87. The molecule has 0 heterocycles. The lowest BCUT2D eigenvalue weighted by Crippen LogP contribution is -2.23. The van der Waals surface area contributed by atoms with E-state index >= 15 is 0 Å². The standard InChI is InChI=1S/C24H34NOP/c1-8-13-24(6,27-21-12-10-9-11-18(21)16-25-7)20-15-17(2)14-19(22(20)26)23(3,4)5/h9-12,14-16,26-27H,8,13H2,1-7H3/b25-16+. The molecular weight excluding hydrogens is 349 g/mol. The molecule has 2 nitrogen and oxygen atoms in total. The molecule has 146 valence electrons. The first-order valence-electron chi connectivity index (χ1n) is 9.76. The van der Waals surface area contributed by atoms with Crippen molar-refractivity contribution in [2.24, 2.45) is 4.99 Å². The third-order valence-electron chi connectivity index (χ3n) is 5.05. The van der Waals surface area contributed by atoms with Crippen molar-refractivity contribution in [3.8, 4) is 5.75 Å². The molecule has 0 aromatic heterocycles. The lowest BCUT2D eigenvalue weighted by Gasteiger charge is -2.34. The van der Waals surface area contributed by atoms with Crippen molar-refractivity contribution in [3.63, 3.8) is 0 Å².